The number of thiophene rings is 1. The first kappa shape index (κ1) is 8.03. The molecule has 1 aromatic heterocycles. The van der Waals surface area contributed by atoms with Gasteiger partial charge in [-0.3, -0.25) is 0 Å². The molecule has 0 radical (unpaired) electrons. The van der Waals surface area contributed by atoms with Crippen molar-refractivity contribution in [3.8, 4) is 6.07 Å². The Morgan fingerprint density at radius 2 is 2.55 bits per heavy atom. The van der Waals surface area contributed by atoms with Gasteiger partial charge in [-0.1, -0.05) is 6.08 Å². The summed E-state index contributed by atoms with van der Waals surface area (Å²) < 4.78 is 0. The fraction of sp³-hybridized carbons (Fsp3) is 0.222. The molecule has 56 valence electrons. The lowest BCUT2D eigenvalue weighted by Crippen LogP contribution is -2.13. The van der Waals surface area contributed by atoms with Crippen LogP contribution in [0.1, 0.15) is 12.5 Å². The van der Waals surface area contributed by atoms with Crippen molar-refractivity contribution in [1.29, 1.82) is 5.26 Å². The minimum atomic E-state index is -0.514. The van der Waals surface area contributed by atoms with E-state index in [4.69, 9.17) is 5.26 Å². The normalized spacial score (nSPS) is 14.9. The Morgan fingerprint density at radius 3 is 2.91 bits per heavy atom. The molecule has 0 aliphatic carbocycles. The molecule has 1 rings (SSSR count). The summed E-state index contributed by atoms with van der Waals surface area (Å²) in [5.74, 6) is 0. The van der Waals surface area contributed by atoms with Gasteiger partial charge in [-0.15, -0.1) is 6.58 Å². The average Bonchev–Trinajstić information content (AvgIpc) is 2.55. The van der Waals surface area contributed by atoms with Crippen LogP contribution in [0, 0.1) is 11.3 Å². The van der Waals surface area contributed by atoms with Crippen molar-refractivity contribution >= 4 is 11.3 Å². The highest BCUT2D eigenvalue weighted by Crippen LogP contribution is 2.25. The first-order valence-electron chi connectivity index (χ1n) is 3.30. The number of rotatable bonds is 2. The van der Waals surface area contributed by atoms with Gasteiger partial charge in [-0.2, -0.15) is 16.6 Å². The number of hydrogen-bond acceptors (Lipinski definition) is 2. The zero-order chi connectivity index (χ0) is 8.32. The maximum absolute atomic E-state index is 8.84. The van der Waals surface area contributed by atoms with E-state index in [1.165, 1.54) is 0 Å². The molecule has 1 nitrogen and oxygen atoms in total. The van der Waals surface area contributed by atoms with E-state index in [-0.39, 0.29) is 0 Å². The largest absolute Gasteiger partial charge is 0.197 e. The Morgan fingerprint density at radius 1 is 1.82 bits per heavy atom. The standard InChI is InChI=1S/C9H9NS/c1-3-9(2,7-10)8-4-5-11-6-8/h3-6H,1H2,2H3. The molecule has 0 spiro atoms. The topological polar surface area (TPSA) is 23.8 Å². The van der Waals surface area contributed by atoms with Gasteiger partial charge < -0.3 is 0 Å². The predicted octanol–water partition coefficient (Wildman–Crippen LogP) is 2.72. The molecule has 0 bridgehead atoms. The molecule has 11 heavy (non-hydrogen) atoms. The van der Waals surface area contributed by atoms with Crippen LogP contribution in [-0.2, 0) is 5.41 Å². The molecule has 0 aromatic carbocycles. The molecule has 0 aliphatic heterocycles. The van der Waals surface area contributed by atoms with E-state index in [2.05, 4.69) is 12.6 Å². The molecule has 2 heteroatoms. The van der Waals surface area contributed by atoms with Crippen LogP contribution in [0.5, 0.6) is 0 Å². The molecular weight excluding hydrogens is 154 g/mol. The van der Waals surface area contributed by atoms with Crippen LogP contribution < -0.4 is 0 Å². The fourth-order valence-corrected chi connectivity index (χ4v) is 1.56. The molecule has 0 saturated carbocycles. The summed E-state index contributed by atoms with van der Waals surface area (Å²) in [6.45, 7) is 5.50. The second kappa shape index (κ2) is 2.89. The van der Waals surface area contributed by atoms with Crippen molar-refractivity contribution in [2.45, 2.75) is 12.3 Å². The zero-order valence-electron chi connectivity index (χ0n) is 6.37. The van der Waals surface area contributed by atoms with E-state index in [9.17, 15) is 0 Å². The summed E-state index contributed by atoms with van der Waals surface area (Å²) in [7, 11) is 0. The van der Waals surface area contributed by atoms with Gasteiger partial charge in [0, 0.05) is 0 Å². The van der Waals surface area contributed by atoms with E-state index < -0.39 is 5.41 Å². The molecule has 1 unspecified atom stereocenters. The van der Waals surface area contributed by atoms with Gasteiger partial charge in [-0.25, -0.2) is 0 Å². The van der Waals surface area contributed by atoms with Crippen molar-refractivity contribution in [3.63, 3.8) is 0 Å². The third-order valence-electron chi connectivity index (χ3n) is 1.76. The molecule has 0 aliphatic rings. The highest BCUT2D eigenvalue weighted by atomic mass is 32.1. The molecule has 0 N–H and O–H groups in total. The smallest absolute Gasteiger partial charge is 0.0979 e. The van der Waals surface area contributed by atoms with Crippen molar-refractivity contribution in [3.05, 3.63) is 35.0 Å². The van der Waals surface area contributed by atoms with Crippen molar-refractivity contribution in [2.24, 2.45) is 0 Å². The van der Waals surface area contributed by atoms with Crippen molar-refractivity contribution in [1.82, 2.24) is 0 Å². The van der Waals surface area contributed by atoms with Gasteiger partial charge in [0.15, 0.2) is 0 Å². The second-order valence-electron chi connectivity index (χ2n) is 2.53. The van der Waals surface area contributed by atoms with Crippen LogP contribution in [0.3, 0.4) is 0 Å². The summed E-state index contributed by atoms with van der Waals surface area (Å²) >= 11 is 1.60. The van der Waals surface area contributed by atoms with E-state index in [0.717, 1.165) is 5.56 Å². The first-order chi connectivity index (χ1) is 5.23. The quantitative estimate of drug-likeness (QED) is 0.615. The first-order valence-corrected chi connectivity index (χ1v) is 4.25. The lowest BCUT2D eigenvalue weighted by molar-refractivity contribution is 0.782. The molecular formula is C9H9NS. The third-order valence-corrected chi connectivity index (χ3v) is 2.44. The molecule has 1 heterocycles. The highest BCUT2D eigenvalue weighted by molar-refractivity contribution is 7.08. The fourth-order valence-electron chi connectivity index (χ4n) is 0.788. The zero-order valence-corrected chi connectivity index (χ0v) is 7.19. The van der Waals surface area contributed by atoms with Crippen LogP contribution >= 0.6 is 11.3 Å². The SMILES string of the molecule is C=CC(C)(C#N)c1ccsc1. The minimum absolute atomic E-state index is 0.514. The number of nitriles is 1. The second-order valence-corrected chi connectivity index (χ2v) is 3.31. The van der Waals surface area contributed by atoms with Crippen LogP contribution in [0.15, 0.2) is 29.5 Å². The van der Waals surface area contributed by atoms with E-state index in [0.29, 0.717) is 0 Å². The van der Waals surface area contributed by atoms with Crippen LogP contribution in [0.25, 0.3) is 0 Å². The lowest BCUT2D eigenvalue weighted by Gasteiger charge is -2.13. The van der Waals surface area contributed by atoms with Crippen LogP contribution in [0.4, 0.5) is 0 Å². The highest BCUT2D eigenvalue weighted by Gasteiger charge is 2.21. The van der Waals surface area contributed by atoms with Gasteiger partial charge in [0.1, 0.15) is 0 Å². The average molecular weight is 163 g/mol. The van der Waals surface area contributed by atoms with E-state index >= 15 is 0 Å². The van der Waals surface area contributed by atoms with Gasteiger partial charge >= 0.3 is 0 Å². The van der Waals surface area contributed by atoms with Gasteiger partial charge in [-0.05, 0) is 29.3 Å². The van der Waals surface area contributed by atoms with Gasteiger partial charge in [0.25, 0.3) is 0 Å². The Balaban J connectivity index is 3.09. The summed E-state index contributed by atoms with van der Waals surface area (Å²) in [5.41, 5.74) is 0.514. The Kier molecular flexibility index (Phi) is 2.11. The molecule has 0 saturated heterocycles. The summed E-state index contributed by atoms with van der Waals surface area (Å²) in [4.78, 5) is 0. The lowest BCUT2D eigenvalue weighted by atomic mass is 9.86. The predicted molar refractivity (Wildman–Crippen MR) is 47.5 cm³/mol. The molecule has 0 fully saturated rings. The van der Waals surface area contributed by atoms with Gasteiger partial charge in [0.05, 0.1) is 11.5 Å². The molecule has 1 aromatic rings. The number of hydrogen-bond donors (Lipinski definition) is 0. The minimum Gasteiger partial charge on any atom is -0.197 e. The van der Waals surface area contributed by atoms with Gasteiger partial charge in [0.2, 0.25) is 0 Å². The van der Waals surface area contributed by atoms with E-state index in [1.807, 2.05) is 23.8 Å². The van der Waals surface area contributed by atoms with Crippen molar-refractivity contribution in [2.75, 3.05) is 0 Å². The Bertz CT molecular complexity index is 281. The van der Waals surface area contributed by atoms with Crippen molar-refractivity contribution < 1.29 is 0 Å². The van der Waals surface area contributed by atoms with E-state index in [1.54, 1.807) is 17.4 Å². The number of nitrogens with zero attached hydrogens (tertiary/aromatic N) is 1. The summed E-state index contributed by atoms with van der Waals surface area (Å²) in [6, 6.07) is 4.17. The Labute approximate surface area is 70.6 Å². The maximum Gasteiger partial charge on any atom is 0.0979 e. The van der Waals surface area contributed by atoms with Crippen LogP contribution in [-0.4, -0.2) is 0 Å². The van der Waals surface area contributed by atoms with Crippen LogP contribution in [0.2, 0.25) is 0 Å². The summed E-state index contributed by atoms with van der Waals surface area (Å²) in [5, 5.41) is 12.8. The third kappa shape index (κ3) is 1.33. The molecule has 0 amide bonds. The number of allylic oxidation sites excluding steroid dienone is 1. The Hall–Kier alpha value is -1.07. The monoisotopic (exact) mass is 163 g/mol. The molecule has 1 atom stereocenters. The maximum atomic E-state index is 8.84. The summed E-state index contributed by atoms with van der Waals surface area (Å²) in [6.07, 6.45) is 1.68.